The van der Waals surface area contributed by atoms with E-state index < -0.39 is 0 Å². The molecule has 0 unspecified atom stereocenters. The molecule has 0 fully saturated rings. The molecule has 2 aromatic rings. The van der Waals surface area contributed by atoms with Crippen molar-refractivity contribution < 1.29 is 4.39 Å². The van der Waals surface area contributed by atoms with Crippen molar-refractivity contribution in [1.82, 2.24) is 9.97 Å². The van der Waals surface area contributed by atoms with Gasteiger partial charge in [0.2, 0.25) is 0 Å². The third-order valence-corrected chi connectivity index (χ3v) is 2.13. The van der Waals surface area contributed by atoms with Crippen LogP contribution in [0.5, 0.6) is 0 Å². The topological polar surface area (TPSA) is 37.8 Å². The molecule has 0 aliphatic rings. The summed E-state index contributed by atoms with van der Waals surface area (Å²) in [4.78, 5) is 8.45. The minimum absolute atomic E-state index is 0.250. The quantitative estimate of drug-likeness (QED) is 0.859. The number of hydrogen-bond acceptors (Lipinski definition) is 3. The van der Waals surface area contributed by atoms with Gasteiger partial charge >= 0.3 is 0 Å². The Morgan fingerprint density at radius 3 is 2.62 bits per heavy atom. The molecule has 0 saturated heterocycles. The lowest BCUT2D eigenvalue weighted by atomic mass is 10.1. The molecule has 2 rings (SSSR count). The Kier molecular flexibility index (Phi) is 3.10. The Morgan fingerprint density at radius 1 is 1.19 bits per heavy atom. The predicted molar refractivity (Wildman–Crippen MR) is 61.6 cm³/mol. The number of anilines is 1. The first kappa shape index (κ1) is 10.5. The van der Waals surface area contributed by atoms with Gasteiger partial charge in [0.25, 0.3) is 0 Å². The summed E-state index contributed by atoms with van der Waals surface area (Å²) in [5.41, 5.74) is 1.59. The van der Waals surface area contributed by atoms with E-state index in [-0.39, 0.29) is 5.82 Å². The van der Waals surface area contributed by atoms with Crippen LogP contribution in [0.15, 0.2) is 36.7 Å². The van der Waals surface area contributed by atoms with Crippen molar-refractivity contribution in [2.24, 2.45) is 0 Å². The number of hydrogen-bond donors (Lipinski definition) is 1. The van der Waals surface area contributed by atoms with Crippen LogP contribution in [0.1, 0.15) is 6.92 Å². The van der Waals surface area contributed by atoms with Gasteiger partial charge in [0.15, 0.2) is 0 Å². The lowest BCUT2D eigenvalue weighted by Crippen LogP contribution is -2.00. The minimum Gasteiger partial charge on any atom is -0.369 e. The summed E-state index contributed by atoms with van der Waals surface area (Å²) in [6.07, 6.45) is 3.32. The predicted octanol–water partition coefficient (Wildman–Crippen LogP) is 2.71. The van der Waals surface area contributed by atoms with Crippen molar-refractivity contribution >= 4 is 5.82 Å². The van der Waals surface area contributed by atoms with Gasteiger partial charge in [-0.1, -0.05) is 0 Å². The molecule has 0 bridgehead atoms. The first-order chi connectivity index (χ1) is 7.79. The van der Waals surface area contributed by atoms with Crippen LogP contribution in [0, 0.1) is 5.82 Å². The van der Waals surface area contributed by atoms with E-state index in [1.807, 2.05) is 6.92 Å². The van der Waals surface area contributed by atoms with E-state index in [9.17, 15) is 4.39 Å². The highest BCUT2D eigenvalue weighted by Crippen LogP contribution is 2.17. The van der Waals surface area contributed by atoms with Gasteiger partial charge in [-0.15, -0.1) is 0 Å². The van der Waals surface area contributed by atoms with Crippen LogP contribution in [0.3, 0.4) is 0 Å². The van der Waals surface area contributed by atoms with E-state index >= 15 is 0 Å². The maximum Gasteiger partial charge on any atom is 0.145 e. The van der Waals surface area contributed by atoms with Crippen LogP contribution in [0.25, 0.3) is 11.3 Å². The average molecular weight is 217 g/mol. The Labute approximate surface area is 93.4 Å². The summed E-state index contributed by atoms with van der Waals surface area (Å²) >= 11 is 0. The Bertz CT molecular complexity index is 468. The molecule has 0 aliphatic carbocycles. The smallest absolute Gasteiger partial charge is 0.145 e. The zero-order chi connectivity index (χ0) is 11.4. The third kappa shape index (κ3) is 2.34. The number of benzene rings is 1. The number of nitrogens with zero attached hydrogens (tertiary/aromatic N) is 2. The molecule has 1 N–H and O–H groups in total. The minimum atomic E-state index is -0.250. The summed E-state index contributed by atoms with van der Waals surface area (Å²) in [7, 11) is 0. The van der Waals surface area contributed by atoms with Gasteiger partial charge in [0.1, 0.15) is 11.6 Å². The molecule has 4 heteroatoms. The molecule has 0 saturated carbocycles. The van der Waals surface area contributed by atoms with Gasteiger partial charge in [-0.25, -0.2) is 9.37 Å². The van der Waals surface area contributed by atoms with Gasteiger partial charge in [-0.3, -0.25) is 4.98 Å². The summed E-state index contributed by atoms with van der Waals surface area (Å²) in [6, 6.07) is 6.21. The van der Waals surface area contributed by atoms with Crippen molar-refractivity contribution in [3.63, 3.8) is 0 Å². The number of halogens is 1. The molecule has 0 atom stereocenters. The van der Waals surface area contributed by atoms with Crippen LogP contribution in [0.2, 0.25) is 0 Å². The maximum absolute atomic E-state index is 12.8. The Balaban J connectivity index is 2.32. The maximum atomic E-state index is 12.8. The van der Waals surface area contributed by atoms with Crippen LogP contribution < -0.4 is 5.32 Å². The molecule has 1 heterocycles. The molecular weight excluding hydrogens is 205 g/mol. The summed E-state index contributed by atoms with van der Waals surface area (Å²) < 4.78 is 12.8. The fraction of sp³-hybridized carbons (Fsp3) is 0.167. The van der Waals surface area contributed by atoms with Gasteiger partial charge in [0, 0.05) is 12.1 Å². The monoisotopic (exact) mass is 217 g/mol. The van der Waals surface area contributed by atoms with Crippen molar-refractivity contribution in [1.29, 1.82) is 0 Å². The Morgan fingerprint density at radius 2 is 1.94 bits per heavy atom. The molecule has 0 amide bonds. The van der Waals surface area contributed by atoms with Crippen LogP contribution in [-0.4, -0.2) is 16.5 Å². The highest BCUT2D eigenvalue weighted by Gasteiger charge is 2.01. The number of aromatic nitrogens is 2. The van der Waals surface area contributed by atoms with Gasteiger partial charge < -0.3 is 5.32 Å². The fourth-order valence-corrected chi connectivity index (χ4v) is 1.39. The molecule has 3 nitrogen and oxygen atoms in total. The van der Waals surface area contributed by atoms with E-state index in [1.54, 1.807) is 24.5 Å². The van der Waals surface area contributed by atoms with E-state index in [0.717, 1.165) is 23.6 Å². The fourth-order valence-electron chi connectivity index (χ4n) is 1.39. The second-order valence-corrected chi connectivity index (χ2v) is 3.33. The molecule has 0 spiro atoms. The van der Waals surface area contributed by atoms with Crippen molar-refractivity contribution in [3.8, 4) is 11.3 Å². The first-order valence-electron chi connectivity index (χ1n) is 5.11. The van der Waals surface area contributed by atoms with E-state index in [4.69, 9.17) is 0 Å². The molecule has 1 aromatic carbocycles. The highest BCUT2D eigenvalue weighted by atomic mass is 19.1. The highest BCUT2D eigenvalue weighted by molar-refractivity contribution is 5.59. The van der Waals surface area contributed by atoms with Crippen molar-refractivity contribution in [3.05, 3.63) is 42.5 Å². The van der Waals surface area contributed by atoms with Crippen molar-refractivity contribution in [2.75, 3.05) is 11.9 Å². The van der Waals surface area contributed by atoms with Gasteiger partial charge in [-0.05, 0) is 31.2 Å². The molecule has 82 valence electrons. The SMILES string of the molecule is CCNc1cncc(-c2ccc(F)cc2)n1. The van der Waals surface area contributed by atoms with Gasteiger partial charge in [0.05, 0.1) is 18.1 Å². The normalized spacial score (nSPS) is 10.1. The zero-order valence-corrected chi connectivity index (χ0v) is 8.94. The molecular formula is C12H12FN3. The lowest BCUT2D eigenvalue weighted by Gasteiger charge is -2.04. The second-order valence-electron chi connectivity index (χ2n) is 3.33. The largest absolute Gasteiger partial charge is 0.369 e. The number of rotatable bonds is 3. The van der Waals surface area contributed by atoms with E-state index in [2.05, 4.69) is 15.3 Å². The van der Waals surface area contributed by atoms with E-state index in [0.29, 0.717) is 0 Å². The van der Waals surface area contributed by atoms with Crippen molar-refractivity contribution in [2.45, 2.75) is 6.92 Å². The second kappa shape index (κ2) is 4.70. The Hall–Kier alpha value is -1.97. The summed E-state index contributed by atoms with van der Waals surface area (Å²) in [5, 5.41) is 3.08. The zero-order valence-electron chi connectivity index (χ0n) is 8.94. The van der Waals surface area contributed by atoms with Crippen LogP contribution >= 0.6 is 0 Å². The summed E-state index contributed by atoms with van der Waals surface area (Å²) in [5.74, 6) is 0.476. The standard InChI is InChI=1S/C12H12FN3/c1-2-15-12-8-14-7-11(16-12)9-3-5-10(13)6-4-9/h3-8H,2H2,1H3,(H,15,16). The average Bonchev–Trinajstić information content (AvgIpc) is 2.31. The van der Waals surface area contributed by atoms with Gasteiger partial charge in [-0.2, -0.15) is 0 Å². The molecule has 0 aliphatic heterocycles. The first-order valence-corrected chi connectivity index (χ1v) is 5.11. The van der Waals surface area contributed by atoms with Crippen LogP contribution in [-0.2, 0) is 0 Å². The lowest BCUT2D eigenvalue weighted by molar-refractivity contribution is 0.628. The molecule has 1 aromatic heterocycles. The van der Waals surface area contributed by atoms with E-state index in [1.165, 1.54) is 12.1 Å². The molecule has 0 radical (unpaired) electrons. The third-order valence-electron chi connectivity index (χ3n) is 2.13. The molecule has 16 heavy (non-hydrogen) atoms. The van der Waals surface area contributed by atoms with Crippen LogP contribution in [0.4, 0.5) is 10.2 Å². The number of nitrogens with one attached hydrogen (secondary N) is 1. The summed E-state index contributed by atoms with van der Waals surface area (Å²) in [6.45, 7) is 2.79.